The van der Waals surface area contributed by atoms with Crippen molar-refractivity contribution in [2.75, 3.05) is 13.2 Å². The normalized spacial score (nSPS) is 26.8. The van der Waals surface area contributed by atoms with Crippen LogP contribution in [-0.2, 0) is 0 Å². The minimum Gasteiger partial charge on any atom is -0.478 e. The van der Waals surface area contributed by atoms with Crippen LogP contribution in [0.5, 0.6) is 5.75 Å². The maximum atomic E-state index is 13.1. The third-order valence-electron chi connectivity index (χ3n) is 5.25. The number of likely N-dealkylation sites (tertiary alicyclic amines) is 1. The van der Waals surface area contributed by atoms with E-state index in [1.54, 1.807) is 18.2 Å². The van der Waals surface area contributed by atoms with Crippen molar-refractivity contribution in [3.05, 3.63) is 29.8 Å². The smallest absolute Gasteiger partial charge is 0.257 e. The van der Waals surface area contributed by atoms with E-state index in [0.717, 1.165) is 45.1 Å². The first-order chi connectivity index (χ1) is 11.7. The van der Waals surface area contributed by atoms with Crippen molar-refractivity contribution in [3.63, 3.8) is 0 Å². The minimum atomic E-state index is -0.303. The van der Waals surface area contributed by atoms with Crippen molar-refractivity contribution in [2.45, 2.75) is 50.7 Å². The summed E-state index contributed by atoms with van der Waals surface area (Å²) in [5.41, 5.74) is 0.505. The van der Waals surface area contributed by atoms with E-state index in [1.165, 1.54) is 0 Å². The van der Waals surface area contributed by atoms with Gasteiger partial charge in [-0.05, 0) is 37.8 Å². The van der Waals surface area contributed by atoms with Gasteiger partial charge in [0.25, 0.3) is 5.91 Å². The fourth-order valence-electron chi connectivity index (χ4n) is 4.11. The quantitative estimate of drug-likeness (QED) is 0.922. The Balaban J connectivity index is 1.80. The van der Waals surface area contributed by atoms with E-state index in [2.05, 4.69) is 0 Å². The van der Waals surface area contributed by atoms with E-state index in [0.29, 0.717) is 11.3 Å². The summed E-state index contributed by atoms with van der Waals surface area (Å²) in [5.74, 6) is 0.583. The first-order valence-electron chi connectivity index (χ1n) is 8.80. The van der Waals surface area contributed by atoms with Crippen LogP contribution in [0.25, 0.3) is 0 Å². The zero-order valence-electron chi connectivity index (χ0n) is 13.9. The first-order valence-corrected chi connectivity index (χ1v) is 8.80. The molecular formula is C19H24N2O3. The predicted molar refractivity (Wildman–Crippen MR) is 89.6 cm³/mol. The molecule has 3 rings (SSSR count). The number of carbonyl (C=O) groups is 1. The van der Waals surface area contributed by atoms with Crippen LogP contribution in [0.15, 0.2) is 24.3 Å². The number of amides is 1. The van der Waals surface area contributed by atoms with Crippen LogP contribution in [0.3, 0.4) is 0 Å². The second-order valence-corrected chi connectivity index (χ2v) is 6.67. The summed E-state index contributed by atoms with van der Waals surface area (Å²) in [4.78, 5) is 15.0. The largest absolute Gasteiger partial charge is 0.478 e. The van der Waals surface area contributed by atoms with Crippen molar-refractivity contribution in [1.82, 2.24) is 4.90 Å². The van der Waals surface area contributed by atoms with Gasteiger partial charge in [-0.3, -0.25) is 4.79 Å². The van der Waals surface area contributed by atoms with Gasteiger partial charge in [-0.25, -0.2) is 0 Å². The molecule has 2 aliphatic rings. The summed E-state index contributed by atoms with van der Waals surface area (Å²) in [6, 6.07) is 9.14. The van der Waals surface area contributed by atoms with E-state index in [1.807, 2.05) is 17.0 Å². The fourth-order valence-corrected chi connectivity index (χ4v) is 4.11. The van der Waals surface area contributed by atoms with E-state index < -0.39 is 0 Å². The van der Waals surface area contributed by atoms with Crippen LogP contribution in [0.4, 0.5) is 0 Å². The predicted octanol–water partition coefficient (Wildman–Crippen LogP) is 2.74. The Labute approximate surface area is 142 Å². The van der Waals surface area contributed by atoms with Crippen LogP contribution >= 0.6 is 0 Å². The topological polar surface area (TPSA) is 73.6 Å². The highest BCUT2D eigenvalue weighted by Gasteiger charge is 2.39. The van der Waals surface area contributed by atoms with E-state index in [-0.39, 0.29) is 30.6 Å². The molecule has 1 saturated heterocycles. The van der Waals surface area contributed by atoms with Gasteiger partial charge in [0, 0.05) is 18.5 Å². The van der Waals surface area contributed by atoms with E-state index in [9.17, 15) is 9.90 Å². The lowest BCUT2D eigenvalue weighted by molar-refractivity contribution is 0.0210. The summed E-state index contributed by atoms with van der Waals surface area (Å²) in [7, 11) is 0. The number of nitrogens with zero attached hydrogens (tertiary/aromatic N) is 2. The maximum Gasteiger partial charge on any atom is 0.257 e. The highest BCUT2D eigenvalue weighted by Crippen LogP contribution is 2.36. The Morgan fingerprint density at radius 1 is 1.25 bits per heavy atom. The van der Waals surface area contributed by atoms with Gasteiger partial charge in [-0.1, -0.05) is 25.0 Å². The maximum absolute atomic E-state index is 13.1. The van der Waals surface area contributed by atoms with Gasteiger partial charge in [0.2, 0.25) is 0 Å². The molecule has 2 fully saturated rings. The van der Waals surface area contributed by atoms with Crippen LogP contribution in [0.1, 0.15) is 48.9 Å². The fraction of sp³-hybridized carbons (Fsp3) is 0.579. The van der Waals surface area contributed by atoms with Crippen molar-refractivity contribution in [1.29, 1.82) is 5.26 Å². The Morgan fingerprint density at radius 2 is 2.04 bits per heavy atom. The van der Waals surface area contributed by atoms with Crippen molar-refractivity contribution in [2.24, 2.45) is 5.92 Å². The lowest BCUT2D eigenvalue weighted by atomic mass is 9.80. The molecule has 24 heavy (non-hydrogen) atoms. The molecule has 1 aromatic rings. The third kappa shape index (κ3) is 3.39. The monoisotopic (exact) mass is 328 g/mol. The zero-order valence-corrected chi connectivity index (χ0v) is 13.9. The van der Waals surface area contributed by atoms with Crippen LogP contribution in [0.2, 0.25) is 0 Å². The van der Waals surface area contributed by atoms with Crippen LogP contribution in [-0.4, -0.2) is 41.2 Å². The number of benzene rings is 1. The number of aliphatic hydroxyl groups excluding tert-OH is 1. The third-order valence-corrected chi connectivity index (χ3v) is 5.25. The zero-order chi connectivity index (χ0) is 16.9. The Hall–Kier alpha value is -2.06. The molecule has 0 spiro atoms. The molecule has 5 nitrogen and oxygen atoms in total. The van der Waals surface area contributed by atoms with Crippen molar-refractivity contribution >= 4 is 5.91 Å². The molecule has 0 radical (unpaired) electrons. The van der Waals surface area contributed by atoms with Crippen molar-refractivity contribution in [3.8, 4) is 11.8 Å². The lowest BCUT2D eigenvalue weighted by Gasteiger charge is -2.37. The summed E-state index contributed by atoms with van der Waals surface area (Å²) in [5, 5.41) is 19.1. The summed E-state index contributed by atoms with van der Waals surface area (Å²) in [6.07, 6.45) is 5.65. The Kier molecular flexibility index (Phi) is 5.37. The van der Waals surface area contributed by atoms with Gasteiger partial charge in [0.15, 0.2) is 6.61 Å². The van der Waals surface area contributed by atoms with Gasteiger partial charge in [-0.15, -0.1) is 0 Å². The molecule has 128 valence electrons. The molecule has 3 atom stereocenters. The molecule has 1 N–H and O–H groups in total. The summed E-state index contributed by atoms with van der Waals surface area (Å²) < 4.78 is 5.41. The molecule has 0 aromatic heterocycles. The lowest BCUT2D eigenvalue weighted by Crippen LogP contribution is -2.45. The minimum absolute atomic E-state index is 0.0520. The highest BCUT2D eigenvalue weighted by molar-refractivity contribution is 5.97. The highest BCUT2D eigenvalue weighted by atomic mass is 16.5. The molecule has 0 unspecified atom stereocenters. The number of para-hydroxylation sites is 1. The Bertz CT molecular complexity index is 625. The molecule has 1 aliphatic heterocycles. The number of nitriles is 1. The molecule has 0 bridgehead atoms. The number of rotatable bonds is 4. The van der Waals surface area contributed by atoms with E-state index in [4.69, 9.17) is 10.00 Å². The average Bonchev–Trinajstić information content (AvgIpc) is 3.09. The van der Waals surface area contributed by atoms with Gasteiger partial charge >= 0.3 is 0 Å². The molecule has 1 heterocycles. The van der Waals surface area contributed by atoms with Gasteiger partial charge in [-0.2, -0.15) is 5.26 Å². The number of aliphatic hydroxyl groups is 1. The number of hydrogen-bond acceptors (Lipinski definition) is 4. The van der Waals surface area contributed by atoms with Crippen molar-refractivity contribution < 1.29 is 14.6 Å². The summed E-state index contributed by atoms with van der Waals surface area (Å²) in [6.45, 7) is 0.647. The number of hydrogen-bond donors (Lipinski definition) is 1. The standard InChI is InChI=1S/C19H24N2O3/c20-11-13-24-18-10-4-2-7-15(18)19(23)21-12-5-8-16(21)14-6-1-3-9-17(14)22/h2,4,7,10,14,16-17,22H,1,3,5-6,8-9,12-13H2/t14-,16+,17+/m0/s1. The van der Waals surface area contributed by atoms with Crippen LogP contribution in [0, 0.1) is 17.2 Å². The van der Waals surface area contributed by atoms with Gasteiger partial charge in [0.05, 0.1) is 11.7 Å². The molecule has 1 aliphatic carbocycles. The van der Waals surface area contributed by atoms with Gasteiger partial charge in [0.1, 0.15) is 11.8 Å². The number of ether oxygens (including phenoxy) is 1. The molecule has 1 aromatic carbocycles. The number of carbonyl (C=O) groups excluding carboxylic acids is 1. The average molecular weight is 328 g/mol. The first kappa shape index (κ1) is 16.8. The molecule has 5 heteroatoms. The van der Waals surface area contributed by atoms with Crippen LogP contribution < -0.4 is 4.74 Å². The SMILES string of the molecule is N#CCOc1ccccc1C(=O)N1CCC[C@@H]1[C@@H]1CCCC[C@H]1O. The summed E-state index contributed by atoms with van der Waals surface area (Å²) >= 11 is 0. The molecule has 1 amide bonds. The Morgan fingerprint density at radius 3 is 2.83 bits per heavy atom. The molecular weight excluding hydrogens is 304 g/mol. The van der Waals surface area contributed by atoms with Gasteiger partial charge < -0.3 is 14.7 Å². The van der Waals surface area contributed by atoms with E-state index >= 15 is 0 Å². The second-order valence-electron chi connectivity index (χ2n) is 6.67. The second kappa shape index (κ2) is 7.67. The molecule has 1 saturated carbocycles.